The molecule has 2 atom stereocenters. The van der Waals surface area contributed by atoms with Crippen LogP contribution in [0.5, 0.6) is 5.75 Å². The molecule has 0 bridgehead atoms. The minimum atomic E-state index is -0.167. The molecule has 3 rings (SSSR count). The number of unbranched alkanes of at least 4 members (excludes halogenated alkanes) is 1. The molecule has 140 valence electrons. The summed E-state index contributed by atoms with van der Waals surface area (Å²) in [6.45, 7) is 8.50. The lowest BCUT2D eigenvalue weighted by Gasteiger charge is -2.35. The third-order valence-corrected chi connectivity index (χ3v) is 5.29. The lowest BCUT2D eigenvalue weighted by molar-refractivity contribution is -0.113. The van der Waals surface area contributed by atoms with Crippen molar-refractivity contribution < 1.29 is 14.3 Å². The molecule has 2 aliphatic rings. The first-order valence-corrected chi connectivity index (χ1v) is 10.0. The van der Waals surface area contributed by atoms with Gasteiger partial charge in [0.1, 0.15) is 5.75 Å². The molecular formula is C20H26N2O3S. The molecule has 0 saturated carbocycles. The zero-order valence-corrected chi connectivity index (χ0v) is 16.4. The van der Waals surface area contributed by atoms with Crippen molar-refractivity contribution in [3.05, 3.63) is 34.7 Å². The van der Waals surface area contributed by atoms with Crippen molar-refractivity contribution >= 4 is 28.9 Å². The number of thioether (sulfide) groups is 1. The maximum Gasteiger partial charge on any atom is 0.286 e. The predicted octanol–water partition coefficient (Wildman–Crippen LogP) is 3.95. The van der Waals surface area contributed by atoms with E-state index in [1.807, 2.05) is 44.2 Å². The predicted molar refractivity (Wildman–Crippen MR) is 106 cm³/mol. The number of carbonyl (C=O) groups is 1. The molecule has 5 nitrogen and oxygen atoms in total. The number of benzene rings is 1. The number of morpholine rings is 1. The Kier molecular flexibility index (Phi) is 6.38. The van der Waals surface area contributed by atoms with Crippen LogP contribution in [0.4, 0.5) is 0 Å². The summed E-state index contributed by atoms with van der Waals surface area (Å²) in [5.41, 5.74) is 0.976. The maximum absolute atomic E-state index is 12.3. The first-order chi connectivity index (χ1) is 12.5. The van der Waals surface area contributed by atoms with E-state index in [-0.39, 0.29) is 18.1 Å². The van der Waals surface area contributed by atoms with Crippen LogP contribution in [0.25, 0.3) is 6.08 Å². The quantitative estimate of drug-likeness (QED) is 0.577. The molecule has 1 aromatic carbocycles. The number of nitrogens with zero attached hydrogens (tertiary/aromatic N) is 2. The Morgan fingerprint density at radius 3 is 2.62 bits per heavy atom. The van der Waals surface area contributed by atoms with Crippen LogP contribution in [0, 0.1) is 0 Å². The van der Waals surface area contributed by atoms with E-state index in [2.05, 4.69) is 16.8 Å². The molecule has 2 aliphatic heterocycles. The first-order valence-electron chi connectivity index (χ1n) is 9.21. The number of aliphatic imine (C=N–C) groups is 1. The second kappa shape index (κ2) is 8.73. The normalized spacial score (nSPS) is 24.9. The van der Waals surface area contributed by atoms with Crippen LogP contribution in [-0.4, -0.2) is 47.9 Å². The van der Waals surface area contributed by atoms with Crippen LogP contribution in [0.1, 0.15) is 39.2 Å². The van der Waals surface area contributed by atoms with Crippen molar-refractivity contribution in [1.29, 1.82) is 0 Å². The molecule has 1 aromatic rings. The molecule has 0 spiro atoms. The Morgan fingerprint density at radius 2 is 1.96 bits per heavy atom. The van der Waals surface area contributed by atoms with Crippen molar-refractivity contribution in [1.82, 2.24) is 4.90 Å². The standard InChI is InChI=1S/C20H26N2O3S/c1-4-5-10-24-17-8-6-16(7-9-17)11-18-19(23)21-20(26-18)22-12-14(2)25-15(3)13-22/h6-9,11,14-15H,4-5,10,12-13H2,1-3H3/b18-11+/t14-,15-/m1/s1. The molecule has 0 aliphatic carbocycles. The number of ether oxygens (including phenoxy) is 2. The number of hydrogen-bond acceptors (Lipinski definition) is 5. The Hall–Kier alpha value is -1.79. The highest BCUT2D eigenvalue weighted by molar-refractivity contribution is 8.18. The fraction of sp³-hybridized carbons (Fsp3) is 0.500. The maximum atomic E-state index is 12.3. The summed E-state index contributed by atoms with van der Waals surface area (Å²) in [5, 5.41) is 0.780. The SMILES string of the molecule is CCCCOc1ccc(/C=C2/SC(N3C[C@@H](C)O[C@H](C)C3)=NC2=O)cc1. The highest BCUT2D eigenvalue weighted by atomic mass is 32.2. The number of hydrogen-bond donors (Lipinski definition) is 0. The van der Waals surface area contributed by atoms with E-state index in [0.717, 1.165) is 49.0 Å². The fourth-order valence-electron chi connectivity index (χ4n) is 3.01. The van der Waals surface area contributed by atoms with Gasteiger partial charge in [0.25, 0.3) is 5.91 Å². The average Bonchev–Trinajstić information content (AvgIpc) is 2.97. The monoisotopic (exact) mass is 374 g/mol. The van der Waals surface area contributed by atoms with Crippen molar-refractivity contribution in [2.45, 2.75) is 45.8 Å². The third kappa shape index (κ3) is 4.89. The number of rotatable bonds is 5. The second-order valence-electron chi connectivity index (χ2n) is 6.74. The summed E-state index contributed by atoms with van der Waals surface area (Å²) in [7, 11) is 0. The van der Waals surface area contributed by atoms with E-state index < -0.39 is 0 Å². The van der Waals surface area contributed by atoms with Gasteiger partial charge in [0.2, 0.25) is 0 Å². The number of carbonyl (C=O) groups excluding carboxylic acids is 1. The lowest BCUT2D eigenvalue weighted by Crippen LogP contribution is -2.47. The smallest absolute Gasteiger partial charge is 0.286 e. The fourth-order valence-corrected chi connectivity index (χ4v) is 3.94. The number of amidine groups is 1. The third-order valence-electron chi connectivity index (χ3n) is 4.24. The van der Waals surface area contributed by atoms with Crippen molar-refractivity contribution in [3.63, 3.8) is 0 Å². The minimum absolute atomic E-state index is 0.144. The summed E-state index contributed by atoms with van der Waals surface area (Å²) in [6.07, 6.45) is 4.35. The molecule has 0 aromatic heterocycles. The first kappa shape index (κ1) is 19.0. The van der Waals surface area contributed by atoms with Gasteiger partial charge in [0.05, 0.1) is 23.7 Å². The molecule has 1 fully saturated rings. The average molecular weight is 375 g/mol. The zero-order chi connectivity index (χ0) is 18.5. The second-order valence-corrected chi connectivity index (χ2v) is 7.75. The summed E-state index contributed by atoms with van der Waals surface area (Å²) < 4.78 is 11.4. The molecule has 26 heavy (non-hydrogen) atoms. The summed E-state index contributed by atoms with van der Waals surface area (Å²) in [6, 6.07) is 7.83. The van der Waals surface area contributed by atoms with E-state index in [1.165, 1.54) is 11.8 Å². The molecule has 0 unspecified atom stereocenters. The molecule has 0 N–H and O–H groups in total. The van der Waals surface area contributed by atoms with Crippen LogP contribution in [0.2, 0.25) is 0 Å². The van der Waals surface area contributed by atoms with E-state index in [4.69, 9.17) is 9.47 Å². The molecule has 0 radical (unpaired) electrons. The summed E-state index contributed by atoms with van der Waals surface area (Å²) in [4.78, 5) is 19.3. The molecule has 1 amide bonds. The van der Waals surface area contributed by atoms with Crippen LogP contribution in [-0.2, 0) is 9.53 Å². The number of amides is 1. The van der Waals surface area contributed by atoms with Gasteiger partial charge in [-0.2, -0.15) is 4.99 Å². The molecule has 1 saturated heterocycles. The Morgan fingerprint density at radius 1 is 1.27 bits per heavy atom. The largest absolute Gasteiger partial charge is 0.494 e. The van der Waals surface area contributed by atoms with Crippen LogP contribution in [0.15, 0.2) is 34.2 Å². The van der Waals surface area contributed by atoms with Crippen LogP contribution in [0.3, 0.4) is 0 Å². The van der Waals surface area contributed by atoms with Gasteiger partial charge in [-0.25, -0.2) is 0 Å². The molecule has 2 heterocycles. The Labute approximate surface area is 159 Å². The van der Waals surface area contributed by atoms with Crippen molar-refractivity contribution in [3.8, 4) is 5.75 Å². The van der Waals surface area contributed by atoms with Crippen LogP contribution < -0.4 is 4.74 Å². The highest BCUT2D eigenvalue weighted by Crippen LogP contribution is 2.31. The van der Waals surface area contributed by atoms with Crippen molar-refractivity contribution in [2.75, 3.05) is 19.7 Å². The van der Waals surface area contributed by atoms with Gasteiger partial charge in [0.15, 0.2) is 5.17 Å². The summed E-state index contributed by atoms with van der Waals surface area (Å²) in [5.74, 6) is 0.694. The van der Waals surface area contributed by atoms with E-state index >= 15 is 0 Å². The van der Waals surface area contributed by atoms with Crippen LogP contribution >= 0.6 is 11.8 Å². The molecule has 6 heteroatoms. The topological polar surface area (TPSA) is 51.1 Å². The lowest BCUT2D eigenvalue weighted by atomic mass is 10.2. The summed E-state index contributed by atoms with van der Waals surface area (Å²) >= 11 is 1.45. The van der Waals surface area contributed by atoms with Gasteiger partial charge in [-0.3, -0.25) is 4.79 Å². The Balaban J connectivity index is 1.63. The van der Waals surface area contributed by atoms with Gasteiger partial charge in [-0.05, 0) is 55.8 Å². The van der Waals surface area contributed by atoms with Gasteiger partial charge in [0, 0.05) is 13.1 Å². The Bertz CT molecular complexity index is 690. The van der Waals surface area contributed by atoms with E-state index in [0.29, 0.717) is 4.91 Å². The van der Waals surface area contributed by atoms with E-state index in [1.54, 1.807) is 0 Å². The zero-order valence-electron chi connectivity index (χ0n) is 15.6. The van der Waals surface area contributed by atoms with Gasteiger partial charge >= 0.3 is 0 Å². The van der Waals surface area contributed by atoms with Crippen molar-refractivity contribution in [2.24, 2.45) is 4.99 Å². The molecular weight excluding hydrogens is 348 g/mol. The van der Waals surface area contributed by atoms with Gasteiger partial charge < -0.3 is 14.4 Å². The van der Waals surface area contributed by atoms with Gasteiger partial charge in [-0.1, -0.05) is 25.5 Å². The minimum Gasteiger partial charge on any atom is -0.494 e. The van der Waals surface area contributed by atoms with E-state index in [9.17, 15) is 4.79 Å². The van der Waals surface area contributed by atoms with Gasteiger partial charge in [-0.15, -0.1) is 0 Å². The highest BCUT2D eigenvalue weighted by Gasteiger charge is 2.30.